The predicted octanol–water partition coefficient (Wildman–Crippen LogP) is 4.86. The number of halogens is 2. The zero-order valence-electron chi connectivity index (χ0n) is 13.6. The summed E-state index contributed by atoms with van der Waals surface area (Å²) in [5, 5.41) is 0. The highest BCUT2D eigenvalue weighted by Gasteiger charge is 2.53. The van der Waals surface area contributed by atoms with E-state index in [0.29, 0.717) is 12.8 Å². The molecule has 0 N–H and O–H groups in total. The SMILES string of the molecule is CC1(C)OB([C@@H](C=C(F)F)CCc2ccccc2)OC1(C)C. The standard InChI is InChI=1S/C17H23BF2O2/c1-16(2)17(3,4)22-18(21-16)14(12-15(19)20)11-10-13-8-6-5-7-9-13/h5-9,12,14H,10-11H2,1-4H3/t14-/m1/s1. The van der Waals surface area contributed by atoms with Crippen molar-refractivity contribution in [3.63, 3.8) is 0 Å². The summed E-state index contributed by atoms with van der Waals surface area (Å²) in [6.45, 7) is 7.71. The number of benzene rings is 1. The molecule has 1 heterocycles. The summed E-state index contributed by atoms with van der Waals surface area (Å²) in [5.41, 5.74) is 0.101. The van der Waals surface area contributed by atoms with Crippen molar-refractivity contribution in [1.29, 1.82) is 0 Å². The molecule has 22 heavy (non-hydrogen) atoms. The van der Waals surface area contributed by atoms with E-state index in [-0.39, 0.29) is 0 Å². The summed E-state index contributed by atoms with van der Waals surface area (Å²) in [4.78, 5) is 0. The summed E-state index contributed by atoms with van der Waals surface area (Å²) < 4.78 is 37.4. The second-order valence-electron chi connectivity index (χ2n) is 6.77. The van der Waals surface area contributed by atoms with Crippen molar-refractivity contribution in [1.82, 2.24) is 0 Å². The van der Waals surface area contributed by atoms with E-state index in [1.54, 1.807) is 0 Å². The first-order valence-electron chi connectivity index (χ1n) is 7.64. The van der Waals surface area contributed by atoms with Gasteiger partial charge in [-0.25, -0.2) is 0 Å². The molecule has 0 aliphatic carbocycles. The zero-order chi connectivity index (χ0) is 16.4. The van der Waals surface area contributed by atoms with E-state index in [1.807, 2.05) is 58.0 Å². The molecular formula is C17H23BF2O2. The Balaban J connectivity index is 2.09. The third-order valence-corrected chi connectivity index (χ3v) is 4.57. The lowest BCUT2D eigenvalue weighted by Crippen LogP contribution is -2.41. The summed E-state index contributed by atoms with van der Waals surface area (Å²) >= 11 is 0. The average molecular weight is 308 g/mol. The number of allylic oxidation sites excluding steroid dienone is 1. The largest absolute Gasteiger partial charge is 0.465 e. The number of hydrogen-bond acceptors (Lipinski definition) is 2. The number of aryl methyl sites for hydroxylation is 1. The van der Waals surface area contributed by atoms with Crippen molar-refractivity contribution >= 4 is 7.12 Å². The first-order valence-corrected chi connectivity index (χ1v) is 7.64. The molecule has 0 aromatic heterocycles. The summed E-state index contributed by atoms with van der Waals surface area (Å²) in [7, 11) is -0.643. The minimum atomic E-state index is -1.69. The van der Waals surface area contributed by atoms with Crippen LogP contribution in [-0.4, -0.2) is 18.3 Å². The summed E-state index contributed by atoms with van der Waals surface area (Å²) in [5.74, 6) is -0.466. The van der Waals surface area contributed by atoms with Crippen molar-refractivity contribution in [2.24, 2.45) is 0 Å². The van der Waals surface area contributed by atoms with E-state index in [9.17, 15) is 8.78 Å². The number of rotatable bonds is 5. The Morgan fingerprint density at radius 3 is 2.14 bits per heavy atom. The van der Waals surface area contributed by atoms with Crippen molar-refractivity contribution < 1.29 is 18.1 Å². The van der Waals surface area contributed by atoms with E-state index >= 15 is 0 Å². The van der Waals surface area contributed by atoms with Gasteiger partial charge in [0.1, 0.15) is 0 Å². The fourth-order valence-electron chi connectivity index (χ4n) is 2.50. The Bertz CT molecular complexity index is 509. The molecule has 1 saturated heterocycles. The van der Waals surface area contributed by atoms with Crippen LogP contribution in [0.2, 0.25) is 5.82 Å². The van der Waals surface area contributed by atoms with Gasteiger partial charge in [0.15, 0.2) is 0 Å². The Hall–Kier alpha value is -1.20. The lowest BCUT2D eigenvalue weighted by molar-refractivity contribution is 0.00578. The van der Waals surface area contributed by atoms with Crippen LogP contribution in [0.25, 0.3) is 0 Å². The lowest BCUT2D eigenvalue weighted by Gasteiger charge is -2.32. The predicted molar refractivity (Wildman–Crippen MR) is 84.9 cm³/mol. The Morgan fingerprint density at radius 2 is 1.64 bits per heavy atom. The topological polar surface area (TPSA) is 18.5 Å². The molecule has 120 valence electrons. The normalized spacial score (nSPS) is 20.7. The van der Waals surface area contributed by atoms with Crippen LogP contribution in [0.3, 0.4) is 0 Å². The first kappa shape index (κ1) is 17.2. The monoisotopic (exact) mass is 308 g/mol. The molecule has 0 saturated carbocycles. The van der Waals surface area contributed by atoms with Crippen molar-refractivity contribution in [3.8, 4) is 0 Å². The maximum Gasteiger partial charge on any atom is 0.465 e. The zero-order valence-corrected chi connectivity index (χ0v) is 13.6. The summed E-state index contributed by atoms with van der Waals surface area (Å²) in [6.07, 6.45) is 0.538. The molecule has 2 rings (SSSR count). The fourth-order valence-corrected chi connectivity index (χ4v) is 2.50. The van der Waals surface area contributed by atoms with E-state index in [4.69, 9.17) is 9.31 Å². The smallest absolute Gasteiger partial charge is 0.403 e. The maximum atomic E-state index is 12.8. The van der Waals surface area contributed by atoms with Gasteiger partial charge in [0, 0.05) is 5.82 Å². The molecule has 1 aliphatic heterocycles. The van der Waals surface area contributed by atoms with Gasteiger partial charge in [0.25, 0.3) is 6.08 Å². The molecule has 5 heteroatoms. The van der Waals surface area contributed by atoms with Gasteiger partial charge in [-0.3, -0.25) is 0 Å². The molecule has 0 spiro atoms. The second-order valence-corrected chi connectivity index (χ2v) is 6.77. The summed E-state index contributed by atoms with van der Waals surface area (Å²) in [6, 6.07) is 9.83. The maximum absolute atomic E-state index is 12.8. The highest BCUT2D eigenvalue weighted by Crippen LogP contribution is 2.41. The van der Waals surface area contributed by atoms with E-state index in [1.165, 1.54) is 0 Å². The minimum absolute atomic E-state index is 0.466. The molecule has 2 nitrogen and oxygen atoms in total. The molecule has 1 aliphatic rings. The minimum Gasteiger partial charge on any atom is -0.403 e. The highest BCUT2D eigenvalue weighted by molar-refractivity contribution is 6.48. The average Bonchev–Trinajstić information content (AvgIpc) is 2.64. The van der Waals surface area contributed by atoms with Crippen LogP contribution in [0.1, 0.15) is 39.7 Å². The third kappa shape index (κ3) is 3.96. The fraction of sp³-hybridized carbons (Fsp3) is 0.529. The molecule has 0 bridgehead atoms. The van der Waals surface area contributed by atoms with Crippen LogP contribution in [0.4, 0.5) is 8.78 Å². The van der Waals surface area contributed by atoms with Crippen molar-refractivity contribution in [2.75, 3.05) is 0 Å². The van der Waals surface area contributed by atoms with Gasteiger partial charge >= 0.3 is 7.12 Å². The van der Waals surface area contributed by atoms with Gasteiger partial charge in [-0.1, -0.05) is 30.3 Å². The molecule has 1 fully saturated rings. The molecular weight excluding hydrogens is 285 g/mol. The van der Waals surface area contributed by atoms with Gasteiger partial charge in [0.2, 0.25) is 0 Å². The Morgan fingerprint density at radius 1 is 1.09 bits per heavy atom. The van der Waals surface area contributed by atoms with E-state index in [0.717, 1.165) is 11.6 Å². The van der Waals surface area contributed by atoms with Crippen LogP contribution < -0.4 is 0 Å². The van der Waals surface area contributed by atoms with Gasteiger partial charge in [0.05, 0.1) is 11.2 Å². The second kappa shape index (κ2) is 6.51. The quantitative estimate of drug-likeness (QED) is 0.723. The van der Waals surface area contributed by atoms with Crippen LogP contribution in [0.5, 0.6) is 0 Å². The molecule has 1 atom stereocenters. The Labute approximate surface area is 131 Å². The lowest BCUT2D eigenvalue weighted by atomic mass is 9.69. The van der Waals surface area contributed by atoms with Crippen LogP contribution in [-0.2, 0) is 15.7 Å². The van der Waals surface area contributed by atoms with E-state index in [2.05, 4.69) is 0 Å². The van der Waals surface area contributed by atoms with Crippen LogP contribution in [0, 0.1) is 0 Å². The first-order chi connectivity index (χ1) is 10.2. The van der Waals surface area contributed by atoms with Crippen LogP contribution in [0.15, 0.2) is 42.5 Å². The van der Waals surface area contributed by atoms with Gasteiger partial charge in [-0.05, 0) is 52.2 Å². The van der Waals surface area contributed by atoms with Crippen LogP contribution >= 0.6 is 0 Å². The number of hydrogen-bond donors (Lipinski definition) is 0. The van der Waals surface area contributed by atoms with E-state index < -0.39 is 30.2 Å². The molecule has 0 unspecified atom stereocenters. The Kier molecular flexibility index (Phi) is 5.08. The molecule has 1 aromatic rings. The molecule has 0 radical (unpaired) electrons. The van der Waals surface area contributed by atoms with Gasteiger partial charge in [-0.2, -0.15) is 8.78 Å². The third-order valence-electron chi connectivity index (χ3n) is 4.57. The van der Waals surface area contributed by atoms with Gasteiger partial charge in [-0.15, -0.1) is 0 Å². The molecule has 1 aromatic carbocycles. The molecule has 0 amide bonds. The highest BCUT2D eigenvalue weighted by atomic mass is 19.3. The van der Waals surface area contributed by atoms with Crippen molar-refractivity contribution in [3.05, 3.63) is 48.1 Å². The van der Waals surface area contributed by atoms with Crippen molar-refractivity contribution in [2.45, 2.75) is 57.6 Å². The van der Waals surface area contributed by atoms with Gasteiger partial charge < -0.3 is 9.31 Å².